The molecular weight excluding hydrogens is 330 g/mol. The van der Waals surface area contributed by atoms with Gasteiger partial charge in [-0.2, -0.15) is 4.98 Å². The van der Waals surface area contributed by atoms with Crippen molar-refractivity contribution in [2.75, 3.05) is 6.61 Å². The zero-order valence-corrected chi connectivity index (χ0v) is 14.8. The molecule has 3 rings (SSSR count). The number of amides is 1. The molecule has 6 heteroatoms. The van der Waals surface area contributed by atoms with E-state index in [1.807, 2.05) is 54.6 Å². The molecule has 0 aliphatic carbocycles. The van der Waals surface area contributed by atoms with Crippen molar-refractivity contribution in [2.45, 2.75) is 26.3 Å². The first-order valence-electron chi connectivity index (χ1n) is 8.49. The summed E-state index contributed by atoms with van der Waals surface area (Å²) in [6.45, 7) is 4.35. The predicted molar refractivity (Wildman–Crippen MR) is 97.6 cm³/mol. The molecule has 0 saturated heterocycles. The number of ether oxygens (including phenoxy) is 1. The van der Waals surface area contributed by atoms with Gasteiger partial charge in [0.2, 0.25) is 11.7 Å². The van der Waals surface area contributed by atoms with Crippen LogP contribution in [0.3, 0.4) is 0 Å². The number of carbonyl (C=O) groups is 1. The number of rotatable bonds is 7. The van der Waals surface area contributed by atoms with Crippen molar-refractivity contribution in [1.29, 1.82) is 0 Å². The maximum absolute atomic E-state index is 11.9. The zero-order chi connectivity index (χ0) is 18.4. The van der Waals surface area contributed by atoms with Gasteiger partial charge in [0.25, 0.3) is 5.91 Å². The highest BCUT2D eigenvalue weighted by Crippen LogP contribution is 2.18. The van der Waals surface area contributed by atoms with Crippen molar-refractivity contribution in [3.05, 3.63) is 66.1 Å². The standard InChI is InChI=1S/C20H21N3O3/c1-14(2)15-8-10-17(11-9-15)25-13-18(24)21-12-19-22-20(23-26-19)16-6-4-3-5-7-16/h3-11,14H,12-13H2,1-2H3,(H,21,24). The van der Waals surface area contributed by atoms with Crippen LogP contribution in [-0.2, 0) is 11.3 Å². The van der Waals surface area contributed by atoms with Gasteiger partial charge in [-0.25, -0.2) is 0 Å². The van der Waals surface area contributed by atoms with Crippen LogP contribution in [0, 0.1) is 0 Å². The number of hydrogen-bond acceptors (Lipinski definition) is 5. The average molecular weight is 351 g/mol. The molecule has 1 aromatic heterocycles. The summed E-state index contributed by atoms with van der Waals surface area (Å²) in [5.74, 6) is 1.71. The molecule has 2 aromatic carbocycles. The molecule has 0 aliphatic heterocycles. The second kappa shape index (κ2) is 8.29. The lowest BCUT2D eigenvalue weighted by molar-refractivity contribution is -0.123. The van der Waals surface area contributed by atoms with Gasteiger partial charge in [0.15, 0.2) is 6.61 Å². The SMILES string of the molecule is CC(C)c1ccc(OCC(=O)NCc2nc(-c3ccccc3)no2)cc1. The fourth-order valence-electron chi connectivity index (χ4n) is 2.35. The van der Waals surface area contributed by atoms with Crippen molar-refractivity contribution in [3.8, 4) is 17.1 Å². The molecule has 0 unspecified atom stereocenters. The lowest BCUT2D eigenvalue weighted by Gasteiger charge is -2.08. The van der Waals surface area contributed by atoms with Crippen LogP contribution >= 0.6 is 0 Å². The quantitative estimate of drug-likeness (QED) is 0.704. The molecule has 0 aliphatic rings. The first-order valence-corrected chi connectivity index (χ1v) is 8.49. The van der Waals surface area contributed by atoms with E-state index in [4.69, 9.17) is 9.26 Å². The van der Waals surface area contributed by atoms with Gasteiger partial charge >= 0.3 is 0 Å². The smallest absolute Gasteiger partial charge is 0.258 e. The third-order valence-electron chi connectivity index (χ3n) is 3.85. The van der Waals surface area contributed by atoms with Crippen LogP contribution in [0.15, 0.2) is 59.1 Å². The molecule has 0 bridgehead atoms. The van der Waals surface area contributed by atoms with Gasteiger partial charge in [0.1, 0.15) is 5.75 Å². The Balaban J connectivity index is 1.46. The number of carbonyl (C=O) groups excluding carboxylic acids is 1. The van der Waals surface area contributed by atoms with Crippen LogP contribution in [0.2, 0.25) is 0 Å². The van der Waals surface area contributed by atoms with E-state index in [1.165, 1.54) is 5.56 Å². The molecule has 0 atom stereocenters. The molecule has 0 fully saturated rings. The van der Waals surface area contributed by atoms with Crippen molar-refractivity contribution in [2.24, 2.45) is 0 Å². The molecule has 1 N–H and O–H groups in total. The summed E-state index contributed by atoms with van der Waals surface area (Å²) < 4.78 is 10.6. The molecular formula is C20H21N3O3. The first-order chi connectivity index (χ1) is 12.6. The number of nitrogens with zero attached hydrogens (tertiary/aromatic N) is 2. The van der Waals surface area contributed by atoms with E-state index in [2.05, 4.69) is 29.3 Å². The number of nitrogens with one attached hydrogen (secondary N) is 1. The van der Waals surface area contributed by atoms with Gasteiger partial charge in [-0.15, -0.1) is 0 Å². The Bertz CT molecular complexity index is 842. The largest absolute Gasteiger partial charge is 0.484 e. The van der Waals surface area contributed by atoms with Crippen molar-refractivity contribution in [3.63, 3.8) is 0 Å². The Hall–Kier alpha value is -3.15. The van der Waals surface area contributed by atoms with Crippen molar-refractivity contribution < 1.29 is 14.1 Å². The van der Waals surface area contributed by atoms with Crippen LogP contribution in [0.25, 0.3) is 11.4 Å². The third-order valence-corrected chi connectivity index (χ3v) is 3.85. The molecule has 134 valence electrons. The van der Waals surface area contributed by atoms with E-state index in [0.717, 1.165) is 5.56 Å². The normalized spacial score (nSPS) is 10.7. The van der Waals surface area contributed by atoms with Crippen LogP contribution in [0.5, 0.6) is 5.75 Å². The molecule has 6 nitrogen and oxygen atoms in total. The van der Waals surface area contributed by atoms with Gasteiger partial charge in [-0.1, -0.05) is 61.5 Å². The molecule has 0 saturated carbocycles. The van der Waals surface area contributed by atoms with Crippen LogP contribution in [-0.4, -0.2) is 22.7 Å². The van der Waals surface area contributed by atoms with Gasteiger partial charge in [0.05, 0.1) is 6.54 Å². The maximum atomic E-state index is 11.9. The second-order valence-electron chi connectivity index (χ2n) is 6.17. The maximum Gasteiger partial charge on any atom is 0.258 e. The summed E-state index contributed by atoms with van der Waals surface area (Å²) >= 11 is 0. The van der Waals surface area contributed by atoms with E-state index < -0.39 is 0 Å². The first kappa shape index (κ1) is 17.7. The molecule has 3 aromatic rings. The van der Waals surface area contributed by atoms with E-state index >= 15 is 0 Å². The summed E-state index contributed by atoms with van der Waals surface area (Å²) in [5, 5.41) is 6.62. The summed E-state index contributed by atoms with van der Waals surface area (Å²) in [6, 6.07) is 17.2. The minimum atomic E-state index is -0.252. The fourth-order valence-corrected chi connectivity index (χ4v) is 2.35. The van der Waals surface area contributed by atoms with Crippen LogP contribution in [0.4, 0.5) is 0 Å². The predicted octanol–water partition coefficient (Wildman–Crippen LogP) is 3.56. The van der Waals surface area contributed by atoms with Gasteiger partial charge < -0.3 is 14.6 Å². The summed E-state index contributed by atoms with van der Waals surface area (Å²) in [6.07, 6.45) is 0. The highest BCUT2D eigenvalue weighted by Gasteiger charge is 2.10. The van der Waals surface area contributed by atoms with E-state index in [1.54, 1.807) is 0 Å². The lowest BCUT2D eigenvalue weighted by atomic mass is 10.0. The Morgan fingerprint density at radius 3 is 2.54 bits per heavy atom. The highest BCUT2D eigenvalue weighted by atomic mass is 16.5. The molecule has 1 heterocycles. The topological polar surface area (TPSA) is 77.2 Å². The van der Waals surface area contributed by atoms with Gasteiger partial charge in [0, 0.05) is 5.56 Å². The highest BCUT2D eigenvalue weighted by molar-refractivity contribution is 5.77. The van der Waals surface area contributed by atoms with E-state index in [0.29, 0.717) is 23.4 Å². The monoisotopic (exact) mass is 351 g/mol. The van der Waals surface area contributed by atoms with E-state index in [-0.39, 0.29) is 19.1 Å². The Kier molecular flexibility index (Phi) is 5.63. The number of benzene rings is 2. The van der Waals surface area contributed by atoms with Crippen molar-refractivity contribution >= 4 is 5.91 Å². The lowest BCUT2D eigenvalue weighted by Crippen LogP contribution is -2.28. The average Bonchev–Trinajstić information content (AvgIpc) is 3.15. The summed E-state index contributed by atoms with van der Waals surface area (Å²) in [5.41, 5.74) is 2.09. The third kappa shape index (κ3) is 4.69. The van der Waals surface area contributed by atoms with Gasteiger partial charge in [-0.3, -0.25) is 4.79 Å². The summed E-state index contributed by atoms with van der Waals surface area (Å²) in [4.78, 5) is 16.2. The fraction of sp³-hybridized carbons (Fsp3) is 0.250. The molecule has 26 heavy (non-hydrogen) atoms. The van der Waals surface area contributed by atoms with Crippen molar-refractivity contribution in [1.82, 2.24) is 15.5 Å². The number of hydrogen-bond donors (Lipinski definition) is 1. The van der Waals surface area contributed by atoms with Gasteiger partial charge in [-0.05, 0) is 23.6 Å². The molecule has 0 spiro atoms. The Morgan fingerprint density at radius 1 is 1.12 bits per heavy atom. The number of aromatic nitrogens is 2. The zero-order valence-electron chi connectivity index (χ0n) is 14.8. The second-order valence-corrected chi connectivity index (χ2v) is 6.17. The molecule has 0 radical (unpaired) electrons. The van der Waals surface area contributed by atoms with Crippen LogP contribution < -0.4 is 10.1 Å². The minimum absolute atomic E-state index is 0.0687. The molecule has 1 amide bonds. The summed E-state index contributed by atoms with van der Waals surface area (Å²) in [7, 11) is 0. The Labute approximate surface area is 152 Å². The minimum Gasteiger partial charge on any atom is -0.484 e. The Morgan fingerprint density at radius 2 is 1.85 bits per heavy atom. The van der Waals surface area contributed by atoms with E-state index in [9.17, 15) is 4.79 Å². The van der Waals surface area contributed by atoms with Crippen LogP contribution in [0.1, 0.15) is 31.2 Å².